The van der Waals surface area contributed by atoms with Gasteiger partial charge >= 0.3 is 0 Å². The molecular weight excluding hydrogens is 353 g/mol. The van der Waals surface area contributed by atoms with E-state index in [0.29, 0.717) is 22.8 Å². The molecule has 0 spiro atoms. The molecule has 2 aliphatic heterocycles. The topological polar surface area (TPSA) is 29.5 Å². The molecule has 6 heteroatoms. The van der Waals surface area contributed by atoms with E-state index < -0.39 is 0 Å². The molecule has 128 valence electrons. The van der Waals surface area contributed by atoms with E-state index in [1.807, 2.05) is 11.0 Å². The Hall–Kier alpha value is -0.290. The lowest BCUT2D eigenvalue weighted by Crippen LogP contribution is -2.41. The number of ether oxygens (including phenoxy) is 1. The predicted molar refractivity (Wildman–Crippen MR) is 95.6 cm³/mol. The number of hydrogen-bond acceptors (Lipinski definition) is 3. The van der Waals surface area contributed by atoms with Gasteiger partial charge in [0.2, 0.25) is 5.91 Å². The van der Waals surface area contributed by atoms with Crippen LogP contribution in [-0.2, 0) is 16.0 Å². The lowest BCUT2D eigenvalue weighted by Gasteiger charge is -2.34. The van der Waals surface area contributed by atoms with E-state index in [9.17, 15) is 4.79 Å². The van der Waals surface area contributed by atoms with E-state index in [4.69, 9.17) is 27.9 Å². The van der Waals surface area contributed by atoms with Crippen molar-refractivity contribution in [3.63, 3.8) is 0 Å². The normalized spacial score (nSPS) is 22.7. The minimum Gasteiger partial charge on any atom is -0.378 e. The summed E-state index contributed by atoms with van der Waals surface area (Å²) in [6.45, 7) is 2.68. The highest BCUT2D eigenvalue weighted by Gasteiger charge is 2.30. The fourth-order valence-corrected chi connectivity index (χ4v) is 5.17. The average molecular weight is 376 g/mol. The zero-order chi connectivity index (χ0) is 16.2. The van der Waals surface area contributed by atoms with Gasteiger partial charge in [-0.15, -0.1) is 11.3 Å². The number of thiophene rings is 1. The fourth-order valence-electron chi connectivity index (χ4n) is 3.63. The first-order valence-corrected chi connectivity index (χ1v) is 10.0. The Morgan fingerprint density at radius 3 is 2.70 bits per heavy atom. The molecule has 1 aromatic rings. The number of nitrogens with zero attached hydrogens (tertiary/aromatic N) is 1. The molecule has 2 aliphatic rings. The first kappa shape index (κ1) is 17.5. The number of carbonyl (C=O) groups excluding carboxylic acids is 1. The first-order valence-electron chi connectivity index (χ1n) is 8.46. The Morgan fingerprint density at radius 2 is 2.09 bits per heavy atom. The van der Waals surface area contributed by atoms with Gasteiger partial charge < -0.3 is 9.64 Å². The fraction of sp³-hybridized carbons (Fsp3) is 0.706. The van der Waals surface area contributed by atoms with Crippen molar-refractivity contribution in [1.82, 2.24) is 4.90 Å². The second-order valence-electron chi connectivity index (χ2n) is 6.47. The zero-order valence-corrected chi connectivity index (χ0v) is 15.6. The highest BCUT2D eigenvalue weighted by molar-refractivity contribution is 7.20. The third-order valence-corrected chi connectivity index (χ3v) is 6.52. The van der Waals surface area contributed by atoms with Crippen LogP contribution in [0.1, 0.15) is 44.1 Å². The highest BCUT2D eigenvalue weighted by atomic mass is 35.5. The molecule has 23 heavy (non-hydrogen) atoms. The number of rotatable bonds is 5. The third kappa shape index (κ3) is 4.62. The van der Waals surface area contributed by atoms with E-state index in [-0.39, 0.29) is 5.91 Å². The van der Waals surface area contributed by atoms with Gasteiger partial charge in [-0.1, -0.05) is 23.2 Å². The quantitative estimate of drug-likeness (QED) is 0.739. The number of hydrogen-bond donors (Lipinski definition) is 0. The molecule has 1 amide bonds. The number of halogens is 2. The van der Waals surface area contributed by atoms with Crippen molar-refractivity contribution in [2.24, 2.45) is 5.92 Å². The third-order valence-electron chi connectivity index (χ3n) is 4.95. The molecule has 0 bridgehead atoms. The molecule has 2 saturated heterocycles. The summed E-state index contributed by atoms with van der Waals surface area (Å²) in [4.78, 5) is 14.4. The molecule has 3 heterocycles. The van der Waals surface area contributed by atoms with Gasteiger partial charge in [0, 0.05) is 26.1 Å². The molecule has 2 fully saturated rings. The number of carbonyl (C=O) groups is 1. The van der Waals surface area contributed by atoms with Crippen LogP contribution < -0.4 is 0 Å². The van der Waals surface area contributed by atoms with Gasteiger partial charge in [0.05, 0.1) is 14.8 Å². The van der Waals surface area contributed by atoms with Crippen molar-refractivity contribution < 1.29 is 9.53 Å². The second-order valence-corrected chi connectivity index (χ2v) is 8.76. The molecule has 0 aliphatic carbocycles. The summed E-state index contributed by atoms with van der Waals surface area (Å²) in [7, 11) is 0. The van der Waals surface area contributed by atoms with Gasteiger partial charge in [0.1, 0.15) is 0 Å². The molecule has 0 unspecified atom stereocenters. The van der Waals surface area contributed by atoms with E-state index in [0.717, 1.165) is 55.3 Å². The Labute approximate surface area is 151 Å². The Balaban J connectivity index is 1.38. The summed E-state index contributed by atoms with van der Waals surface area (Å²) in [5, 5.41) is 0. The first-order chi connectivity index (χ1) is 11.1. The van der Waals surface area contributed by atoms with Gasteiger partial charge in [-0.2, -0.15) is 0 Å². The summed E-state index contributed by atoms with van der Waals surface area (Å²) in [5.41, 5.74) is 1.06. The number of likely N-dealkylation sites (tertiary alicyclic amines) is 1. The highest BCUT2D eigenvalue weighted by Crippen LogP contribution is 2.32. The van der Waals surface area contributed by atoms with Crippen molar-refractivity contribution in [3.05, 3.63) is 20.3 Å². The van der Waals surface area contributed by atoms with Gasteiger partial charge in [-0.05, 0) is 56.1 Å². The number of piperidine rings is 1. The van der Waals surface area contributed by atoms with Crippen LogP contribution in [0.3, 0.4) is 0 Å². The molecule has 0 saturated carbocycles. The molecule has 0 aromatic carbocycles. The van der Waals surface area contributed by atoms with E-state index in [2.05, 4.69) is 0 Å². The van der Waals surface area contributed by atoms with Crippen molar-refractivity contribution in [2.45, 2.75) is 51.0 Å². The molecule has 1 atom stereocenters. The van der Waals surface area contributed by atoms with Gasteiger partial charge in [0.25, 0.3) is 0 Å². The monoisotopic (exact) mass is 375 g/mol. The van der Waals surface area contributed by atoms with E-state index in [1.54, 1.807) is 0 Å². The Kier molecular flexibility index (Phi) is 6.25. The van der Waals surface area contributed by atoms with Crippen LogP contribution in [0, 0.1) is 5.92 Å². The molecule has 1 aromatic heterocycles. The van der Waals surface area contributed by atoms with Crippen LogP contribution in [0.15, 0.2) is 6.07 Å². The van der Waals surface area contributed by atoms with Crippen LogP contribution in [0.25, 0.3) is 0 Å². The lowest BCUT2D eigenvalue weighted by atomic mass is 9.89. The zero-order valence-electron chi connectivity index (χ0n) is 13.2. The van der Waals surface area contributed by atoms with E-state index >= 15 is 0 Å². The Bertz CT molecular complexity index is 535. The van der Waals surface area contributed by atoms with Crippen LogP contribution in [0.2, 0.25) is 8.67 Å². The molecule has 3 rings (SSSR count). The second kappa shape index (κ2) is 8.19. The van der Waals surface area contributed by atoms with Gasteiger partial charge in [-0.3, -0.25) is 4.79 Å². The predicted octanol–water partition coefficient (Wildman–Crippen LogP) is 4.80. The molecule has 0 radical (unpaired) electrons. The van der Waals surface area contributed by atoms with Crippen LogP contribution in [0.5, 0.6) is 0 Å². The number of aryl methyl sites for hydroxylation is 1. The van der Waals surface area contributed by atoms with Crippen molar-refractivity contribution in [2.75, 3.05) is 19.7 Å². The maximum absolute atomic E-state index is 12.3. The molecule has 0 N–H and O–H groups in total. The summed E-state index contributed by atoms with van der Waals surface area (Å²) in [6, 6.07) is 1.91. The summed E-state index contributed by atoms with van der Waals surface area (Å²) >= 11 is 13.5. The van der Waals surface area contributed by atoms with E-state index in [1.165, 1.54) is 24.2 Å². The van der Waals surface area contributed by atoms with Gasteiger partial charge in [0.15, 0.2) is 0 Å². The molecule has 3 nitrogen and oxygen atoms in total. The summed E-state index contributed by atoms with van der Waals surface area (Å²) < 4.78 is 7.25. The maximum Gasteiger partial charge on any atom is 0.222 e. The van der Waals surface area contributed by atoms with Crippen LogP contribution >= 0.6 is 34.5 Å². The standard InChI is InChI=1S/C17H23Cl2NO2S/c18-15-11-13(17(19)23-15)3-1-5-16(21)20-8-6-12(7-9-20)14-4-2-10-22-14/h11-12,14H,1-10H2/t14-/m1/s1. The van der Waals surface area contributed by atoms with Crippen molar-refractivity contribution >= 4 is 40.4 Å². The minimum atomic E-state index is 0.272. The minimum absolute atomic E-state index is 0.272. The Morgan fingerprint density at radius 1 is 1.30 bits per heavy atom. The SMILES string of the molecule is O=C(CCCc1cc(Cl)sc1Cl)N1CCC([C@H]2CCCO2)CC1. The van der Waals surface area contributed by atoms with Crippen LogP contribution in [0.4, 0.5) is 0 Å². The smallest absolute Gasteiger partial charge is 0.222 e. The maximum atomic E-state index is 12.3. The largest absolute Gasteiger partial charge is 0.378 e. The van der Waals surface area contributed by atoms with Gasteiger partial charge in [-0.25, -0.2) is 0 Å². The number of amides is 1. The van der Waals surface area contributed by atoms with Crippen molar-refractivity contribution in [1.29, 1.82) is 0 Å². The van der Waals surface area contributed by atoms with Crippen LogP contribution in [-0.4, -0.2) is 36.6 Å². The lowest BCUT2D eigenvalue weighted by molar-refractivity contribution is -0.133. The summed E-state index contributed by atoms with van der Waals surface area (Å²) in [5.74, 6) is 0.918. The summed E-state index contributed by atoms with van der Waals surface area (Å²) in [6.07, 6.45) is 7.25. The van der Waals surface area contributed by atoms with Crippen molar-refractivity contribution in [3.8, 4) is 0 Å². The average Bonchev–Trinajstić information content (AvgIpc) is 3.18. The molecular formula is C17H23Cl2NO2S.